The lowest BCUT2D eigenvalue weighted by Gasteiger charge is -2.17. The van der Waals surface area contributed by atoms with Crippen molar-refractivity contribution in [2.75, 3.05) is 0 Å². The zero-order valence-corrected chi connectivity index (χ0v) is 21.2. The second-order valence-electron chi connectivity index (χ2n) is 9.82. The average Bonchev–Trinajstić information content (AvgIpc) is 3.31. The molecule has 7 rings (SSSR count). The fraction of sp³-hybridized carbons (Fsp3) is 0.0270. The molecule has 38 heavy (non-hydrogen) atoms. The Morgan fingerprint density at radius 3 is 1.76 bits per heavy atom. The molecule has 0 fully saturated rings. The van der Waals surface area contributed by atoms with Gasteiger partial charge in [0.2, 0.25) is 0 Å². The van der Waals surface area contributed by atoms with E-state index in [4.69, 9.17) is 4.42 Å². The van der Waals surface area contributed by atoms with Crippen LogP contribution < -0.4 is 0 Å². The van der Waals surface area contributed by atoms with Gasteiger partial charge in [0.1, 0.15) is 11.2 Å². The fourth-order valence-electron chi connectivity index (χ4n) is 5.80. The van der Waals surface area contributed by atoms with Crippen LogP contribution in [0, 0.1) is 6.92 Å². The molecule has 0 bridgehead atoms. The zero-order valence-electron chi connectivity index (χ0n) is 21.2. The highest BCUT2D eigenvalue weighted by molar-refractivity contribution is 6.22. The maximum Gasteiger partial charge on any atom is 0.135 e. The summed E-state index contributed by atoms with van der Waals surface area (Å²) in [5, 5.41) is 7.29. The highest BCUT2D eigenvalue weighted by Crippen LogP contribution is 2.44. The summed E-state index contributed by atoms with van der Waals surface area (Å²) in [5.74, 6) is 0. The Bertz CT molecular complexity index is 1980. The van der Waals surface area contributed by atoms with Crippen LogP contribution in [0.3, 0.4) is 0 Å². The number of hydrogen-bond acceptors (Lipinski definition) is 1. The van der Waals surface area contributed by atoms with Crippen LogP contribution in [-0.2, 0) is 0 Å². The van der Waals surface area contributed by atoms with Gasteiger partial charge in [0.15, 0.2) is 0 Å². The first kappa shape index (κ1) is 22.3. The standard InChI is InChI=1S/C37H26O/c1-3-4-12-26-22-33-32-23-27(19-20-34(32)38-35(33)21-24(26)2)37-30-17-10-8-15-28(30)36(25-13-6-5-7-14-25)29-16-9-11-18-31(29)37/h3-23H,1H2,2H3/b12-4-. The highest BCUT2D eigenvalue weighted by atomic mass is 16.3. The van der Waals surface area contributed by atoms with Crippen LogP contribution in [0.2, 0.25) is 0 Å². The summed E-state index contributed by atoms with van der Waals surface area (Å²) in [6.45, 7) is 5.94. The first-order chi connectivity index (χ1) is 18.7. The Balaban J connectivity index is 1.56. The topological polar surface area (TPSA) is 13.1 Å². The molecule has 7 aromatic rings. The number of benzene rings is 6. The van der Waals surface area contributed by atoms with Crippen LogP contribution >= 0.6 is 0 Å². The monoisotopic (exact) mass is 486 g/mol. The summed E-state index contributed by atoms with van der Waals surface area (Å²) >= 11 is 0. The summed E-state index contributed by atoms with van der Waals surface area (Å²) in [6.07, 6.45) is 5.90. The first-order valence-corrected chi connectivity index (χ1v) is 13.0. The Labute approximate surface area is 222 Å². The minimum Gasteiger partial charge on any atom is -0.456 e. The molecule has 1 aromatic heterocycles. The van der Waals surface area contributed by atoms with Crippen molar-refractivity contribution in [3.05, 3.63) is 139 Å². The Kier molecular flexibility index (Phi) is 5.23. The lowest BCUT2D eigenvalue weighted by Crippen LogP contribution is -1.90. The normalized spacial score (nSPS) is 11.8. The molecule has 180 valence electrons. The molecule has 6 aromatic carbocycles. The smallest absolute Gasteiger partial charge is 0.135 e. The van der Waals surface area contributed by atoms with Crippen molar-refractivity contribution in [2.24, 2.45) is 0 Å². The summed E-state index contributed by atoms with van der Waals surface area (Å²) in [5.41, 5.74) is 9.14. The van der Waals surface area contributed by atoms with Crippen LogP contribution in [0.15, 0.2) is 132 Å². The van der Waals surface area contributed by atoms with Gasteiger partial charge < -0.3 is 4.42 Å². The second kappa shape index (κ2) is 8.90. The molecule has 1 nitrogen and oxygen atoms in total. The Hall–Kier alpha value is -4.88. The fourth-order valence-corrected chi connectivity index (χ4v) is 5.80. The zero-order chi connectivity index (χ0) is 25.6. The molecule has 0 spiro atoms. The van der Waals surface area contributed by atoms with E-state index in [-0.39, 0.29) is 0 Å². The van der Waals surface area contributed by atoms with Gasteiger partial charge in [0, 0.05) is 10.8 Å². The second-order valence-corrected chi connectivity index (χ2v) is 9.82. The molecular formula is C37H26O. The molecule has 0 aliphatic carbocycles. The summed E-state index contributed by atoms with van der Waals surface area (Å²) in [4.78, 5) is 0. The molecule has 0 aliphatic rings. The van der Waals surface area contributed by atoms with Crippen molar-refractivity contribution in [3.63, 3.8) is 0 Å². The van der Waals surface area contributed by atoms with E-state index < -0.39 is 0 Å². The van der Waals surface area contributed by atoms with Crippen LogP contribution in [0.4, 0.5) is 0 Å². The minimum absolute atomic E-state index is 0.905. The summed E-state index contributed by atoms with van der Waals surface area (Å²) in [7, 11) is 0. The SMILES string of the molecule is C=C/C=C\c1cc2c(cc1C)oc1ccc(-c3c4ccccc4c(-c4ccccc4)c4ccccc34)cc12. The summed E-state index contributed by atoms with van der Waals surface area (Å²) < 4.78 is 6.29. The molecule has 1 heteroatoms. The molecule has 0 saturated heterocycles. The minimum atomic E-state index is 0.905. The van der Waals surface area contributed by atoms with E-state index in [0.717, 1.165) is 21.9 Å². The van der Waals surface area contributed by atoms with Crippen molar-refractivity contribution in [1.29, 1.82) is 0 Å². The van der Waals surface area contributed by atoms with Gasteiger partial charge in [-0.15, -0.1) is 0 Å². The van der Waals surface area contributed by atoms with Crippen LogP contribution in [-0.4, -0.2) is 0 Å². The number of aryl methyl sites for hydroxylation is 1. The molecule has 0 amide bonds. The van der Waals surface area contributed by atoms with E-state index in [1.54, 1.807) is 0 Å². The van der Waals surface area contributed by atoms with E-state index >= 15 is 0 Å². The van der Waals surface area contributed by atoms with Gasteiger partial charge in [-0.1, -0.05) is 110 Å². The molecule has 0 N–H and O–H groups in total. The third-order valence-corrected chi connectivity index (χ3v) is 7.55. The van der Waals surface area contributed by atoms with Crippen molar-refractivity contribution < 1.29 is 4.42 Å². The molecule has 0 atom stereocenters. The van der Waals surface area contributed by atoms with Crippen LogP contribution in [0.25, 0.3) is 71.8 Å². The van der Waals surface area contributed by atoms with Gasteiger partial charge in [-0.05, 0) is 86.1 Å². The number of allylic oxidation sites excluding steroid dienone is 2. The van der Waals surface area contributed by atoms with Gasteiger partial charge >= 0.3 is 0 Å². The van der Waals surface area contributed by atoms with Crippen LogP contribution in [0.5, 0.6) is 0 Å². The Morgan fingerprint density at radius 2 is 1.13 bits per heavy atom. The quantitative estimate of drug-likeness (QED) is 0.178. The van der Waals surface area contributed by atoms with Crippen molar-refractivity contribution in [1.82, 2.24) is 0 Å². The van der Waals surface area contributed by atoms with E-state index in [9.17, 15) is 0 Å². The van der Waals surface area contributed by atoms with Gasteiger partial charge in [-0.25, -0.2) is 0 Å². The summed E-state index contributed by atoms with van der Waals surface area (Å²) in [6, 6.07) is 39.3. The highest BCUT2D eigenvalue weighted by Gasteiger charge is 2.17. The van der Waals surface area contributed by atoms with E-state index in [0.29, 0.717) is 0 Å². The van der Waals surface area contributed by atoms with Gasteiger partial charge in [0.05, 0.1) is 0 Å². The molecule has 0 unspecified atom stereocenters. The van der Waals surface area contributed by atoms with Crippen LogP contribution in [0.1, 0.15) is 11.1 Å². The third-order valence-electron chi connectivity index (χ3n) is 7.55. The molecular weight excluding hydrogens is 460 g/mol. The number of hydrogen-bond donors (Lipinski definition) is 0. The van der Waals surface area contributed by atoms with E-state index in [2.05, 4.69) is 129 Å². The van der Waals surface area contributed by atoms with Gasteiger partial charge in [-0.3, -0.25) is 0 Å². The average molecular weight is 487 g/mol. The largest absolute Gasteiger partial charge is 0.456 e. The van der Waals surface area contributed by atoms with E-state index in [1.807, 2.05) is 12.2 Å². The maximum atomic E-state index is 6.29. The van der Waals surface area contributed by atoms with Gasteiger partial charge in [-0.2, -0.15) is 0 Å². The first-order valence-electron chi connectivity index (χ1n) is 13.0. The number of fused-ring (bicyclic) bond motifs is 5. The molecule has 0 aliphatic heterocycles. The van der Waals surface area contributed by atoms with Gasteiger partial charge in [0.25, 0.3) is 0 Å². The maximum absolute atomic E-state index is 6.29. The molecule has 0 saturated carbocycles. The van der Waals surface area contributed by atoms with Crippen molar-refractivity contribution in [3.8, 4) is 22.3 Å². The third kappa shape index (κ3) is 3.48. The molecule has 0 radical (unpaired) electrons. The Morgan fingerprint density at radius 1 is 0.553 bits per heavy atom. The lowest BCUT2D eigenvalue weighted by molar-refractivity contribution is 0.668. The molecule has 1 heterocycles. The lowest BCUT2D eigenvalue weighted by atomic mass is 9.86. The predicted molar refractivity (Wildman–Crippen MR) is 164 cm³/mol. The number of rotatable bonds is 4. The van der Waals surface area contributed by atoms with Crippen molar-refractivity contribution >= 4 is 49.6 Å². The predicted octanol–water partition coefficient (Wildman–Crippen LogP) is 10.7. The van der Waals surface area contributed by atoms with Crippen molar-refractivity contribution in [2.45, 2.75) is 6.92 Å². The van der Waals surface area contributed by atoms with E-state index in [1.165, 1.54) is 54.9 Å². The number of furan rings is 1.